The van der Waals surface area contributed by atoms with Crippen molar-refractivity contribution < 1.29 is 24.2 Å². The minimum Gasteiger partial charge on any atom is -0.481 e. The summed E-state index contributed by atoms with van der Waals surface area (Å²) >= 11 is 0. The van der Waals surface area contributed by atoms with Crippen LogP contribution in [-0.4, -0.2) is 78.8 Å². The Hall–Kier alpha value is -3.39. The van der Waals surface area contributed by atoms with Crippen molar-refractivity contribution in [3.8, 4) is 11.1 Å². The Balaban J connectivity index is 1.37. The Morgan fingerprint density at radius 3 is 2.26 bits per heavy atom. The molecule has 2 aromatic rings. The number of carboxylic acid groups (broad SMARTS) is 1. The topological polar surface area (TPSA) is 99.2 Å². The fourth-order valence-corrected chi connectivity index (χ4v) is 4.98. The van der Waals surface area contributed by atoms with Crippen LogP contribution < -0.4 is 5.32 Å². The molecule has 1 atom stereocenters. The molecule has 35 heavy (non-hydrogen) atoms. The number of carbonyl (C=O) groups is 3. The van der Waals surface area contributed by atoms with Crippen molar-refractivity contribution in [2.24, 2.45) is 0 Å². The Labute approximate surface area is 205 Å². The molecule has 2 aliphatic rings. The number of likely N-dealkylation sites (N-methyl/N-ethyl adjacent to an activating group) is 1. The van der Waals surface area contributed by atoms with Crippen LogP contribution in [-0.2, 0) is 14.3 Å². The Morgan fingerprint density at radius 2 is 1.66 bits per heavy atom. The molecule has 2 amide bonds. The molecule has 1 aliphatic carbocycles. The molecule has 1 fully saturated rings. The van der Waals surface area contributed by atoms with Crippen LogP contribution in [0.25, 0.3) is 11.1 Å². The smallest absolute Gasteiger partial charge is 0.407 e. The van der Waals surface area contributed by atoms with Crippen molar-refractivity contribution in [3.05, 3.63) is 59.7 Å². The summed E-state index contributed by atoms with van der Waals surface area (Å²) in [5.41, 5.74) is 4.46. The summed E-state index contributed by atoms with van der Waals surface area (Å²) in [4.78, 5) is 40.7. The number of rotatable bonds is 10. The van der Waals surface area contributed by atoms with Crippen molar-refractivity contribution in [1.29, 1.82) is 0 Å². The second kappa shape index (κ2) is 11.4. The fourth-order valence-electron chi connectivity index (χ4n) is 4.98. The van der Waals surface area contributed by atoms with Crippen molar-refractivity contribution in [1.82, 2.24) is 15.1 Å². The normalized spacial score (nSPS) is 15.8. The van der Waals surface area contributed by atoms with Gasteiger partial charge < -0.3 is 25.0 Å². The first kappa shape index (κ1) is 24.7. The number of nitrogens with one attached hydrogen (secondary N) is 1. The monoisotopic (exact) mass is 479 g/mol. The quantitative estimate of drug-likeness (QED) is 0.543. The van der Waals surface area contributed by atoms with Gasteiger partial charge in [0, 0.05) is 32.5 Å². The average molecular weight is 480 g/mol. The van der Waals surface area contributed by atoms with Crippen LogP contribution in [0.15, 0.2) is 48.5 Å². The van der Waals surface area contributed by atoms with Gasteiger partial charge in [-0.25, -0.2) is 4.79 Å². The third kappa shape index (κ3) is 6.00. The zero-order valence-corrected chi connectivity index (χ0v) is 20.1. The summed E-state index contributed by atoms with van der Waals surface area (Å²) < 4.78 is 5.57. The number of amides is 2. The van der Waals surface area contributed by atoms with E-state index in [1.54, 1.807) is 11.9 Å². The molecule has 8 nitrogen and oxygen atoms in total. The van der Waals surface area contributed by atoms with Gasteiger partial charge >= 0.3 is 12.1 Å². The molecule has 0 bridgehead atoms. The van der Waals surface area contributed by atoms with Crippen LogP contribution in [0.4, 0.5) is 4.79 Å². The van der Waals surface area contributed by atoms with Crippen molar-refractivity contribution >= 4 is 18.0 Å². The number of fused-ring (bicyclic) bond motifs is 3. The molecule has 2 N–H and O–H groups in total. The zero-order valence-electron chi connectivity index (χ0n) is 20.1. The Morgan fingerprint density at radius 1 is 1.06 bits per heavy atom. The average Bonchev–Trinajstić information content (AvgIpc) is 3.49. The fraction of sp³-hybridized carbons (Fsp3) is 0.444. The summed E-state index contributed by atoms with van der Waals surface area (Å²) in [7, 11) is 1.69. The maximum Gasteiger partial charge on any atom is 0.407 e. The van der Waals surface area contributed by atoms with E-state index in [2.05, 4.69) is 22.3 Å². The lowest BCUT2D eigenvalue weighted by Crippen LogP contribution is -2.49. The number of hydrogen-bond donors (Lipinski definition) is 2. The molecule has 1 unspecified atom stereocenters. The number of nitrogens with zero attached hydrogens (tertiary/aromatic N) is 2. The summed E-state index contributed by atoms with van der Waals surface area (Å²) in [6, 6.07) is 15.2. The van der Waals surface area contributed by atoms with Crippen molar-refractivity contribution in [2.75, 3.05) is 39.8 Å². The van der Waals surface area contributed by atoms with E-state index in [0.29, 0.717) is 6.54 Å². The lowest BCUT2D eigenvalue weighted by atomic mass is 9.98. The zero-order chi connectivity index (χ0) is 24.8. The van der Waals surface area contributed by atoms with Gasteiger partial charge in [-0.2, -0.15) is 0 Å². The SMILES string of the molecule is CN(CCN1CCCC1)C(=O)C(CCC(=O)O)NC(=O)OCC1c2ccccc2-c2ccccc21. The Kier molecular flexibility index (Phi) is 8.02. The number of hydrogen-bond acceptors (Lipinski definition) is 5. The summed E-state index contributed by atoms with van der Waals surface area (Å²) in [6.07, 6.45) is 1.40. The van der Waals surface area contributed by atoms with E-state index in [1.165, 1.54) is 12.8 Å². The van der Waals surface area contributed by atoms with Gasteiger partial charge in [0.1, 0.15) is 12.6 Å². The number of alkyl carbamates (subject to hydrolysis) is 1. The van der Waals surface area contributed by atoms with Crippen molar-refractivity contribution in [3.63, 3.8) is 0 Å². The van der Waals surface area contributed by atoms with Gasteiger partial charge in [0.15, 0.2) is 0 Å². The highest BCUT2D eigenvalue weighted by molar-refractivity contribution is 5.86. The van der Waals surface area contributed by atoms with Gasteiger partial charge in [-0.1, -0.05) is 48.5 Å². The van der Waals surface area contributed by atoms with E-state index in [-0.39, 0.29) is 31.3 Å². The summed E-state index contributed by atoms with van der Waals surface area (Å²) in [5, 5.41) is 11.7. The van der Waals surface area contributed by atoms with Gasteiger partial charge in [0.2, 0.25) is 5.91 Å². The highest BCUT2D eigenvalue weighted by atomic mass is 16.5. The predicted octanol–water partition coefficient (Wildman–Crippen LogP) is 3.31. The first-order valence-electron chi connectivity index (χ1n) is 12.2. The molecular formula is C27H33N3O5. The molecule has 4 rings (SSSR count). The van der Waals surface area contributed by atoms with Gasteiger partial charge in [-0.15, -0.1) is 0 Å². The van der Waals surface area contributed by atoms with Gasteiger partial charge in [-0.3, -0.25) is 9.59 Å². The highest BCUT2D eigenvalue weighted by Crippen LogP contribution is 2.44. The number of carboxylic acids is 1. The van der Waals surface area contributed by atoms with E-state index in [1.807, 2.05) is 36.4 Å². The molecule has 1 aliphatic heterocycles. The molecular weight excluding hydrogens is 446 g/mol. The first-order valence-corrected chi connectivity index (χ1v) is 12.2. The van der Waals surface area contributed by atoms with Crippen LogP contribution in [0.5, 0.6) is 0 Å². The van der Waals surface area contributed by atoms with E-state index in [0.717, 1.165) is 41.9 Å². The molecule has 186 valence electrons. The molecule has 1 saturated heterocycles. The third-order valence-electron chi connectivity index (χ3n) is 6.91. The maximum absolute atomic E-state index is 13.0. The van der Waals surface area contributed by atoms with Crippen LogP contribution >= 0.6 is 0 Å². The minimum absolute atomic E-state index is 0.00637. The summed E-state index contributed by atoms with van der Waals surface area (Å²) in [5.74, 6) is -1.42. The largest absolute Gasteiger partial charge is 0.481 e. The minimum atomic E-state index is -1.02. The van der Waals surface area contributed by atoms with E-state index < -0.39 is 18.1 Å². The van der Waals surface area contributed by atoms with E-state index in [4.69, 9.17) is 9.84 Å². The molecule has 1 heterocycles. The van der Waals surface area contributed by atoms with Crippen LogP contribution in [0.2, 0.25) is 0 Å². The molecule has 0 radical (unpaired) electrons. The Bertz CT molecular complexity index is 1020. The second-order valence-corrected chi connectivity index (χ2v) is 9.26. The molecule has 8 heteroatoms. The van der Waals surface area contributed by atoms with Crippen LogP contribution in [0, 0.1) is 0 Å². The lowest BCUT2D eigenvalue weighted by molar-refractivity contribution is -0.137. The molecule has 0 saturated carbocycles. The second-order valence-electron chi connectivity index (χ2n) is 9.26. The van der Waals surface area contributed by atoms with E-state index in [9.17, 15) is 14.4 Å². The number of ether oxygens (including phenoxy) is 1. The van der Waals surface area contributed by atoms with E-state index >= 15 is 0 Å². The molecule has 2 aromatic carbocycles. The van der Waals surface area contributed by atoms with Gasteiger partial charge in [-0.05, 0) is 54.6 Å². The number of carbonyl (C=O) groups excluding carboxylic acids is 2. The van der Waals surface area contributed by atoms with Gasteiger partial charge in [0.05, 0.1) is 0 Å². The number of likely N-dealkylation sites (tertiary alicyclic amines) is 1. The maximum atomic E-state index is 13.0. The molecule has 0 spiro atoms. The summed E-state index contributed by atoms with van der Waals surface area (Å²) in [6.45, 7) is 3.48. The predicted molar refractivity (Wildman–Crippen MR) is 132 cm³/mol. The first-order chi connectivity index (χ1) is 16.9. The number of aliphatic carboxylic acids is 1. The lowest BCUT2D eigenvalue weighted by Gasteiger charge is -2.26. The van der Waals surface area contributed by atoms with Crippen LogP contribution in [0.1, 0.15) is 42.7 Å². The highest BCUT2D eigenvalue weighted by Gasteiger charge is 2.30. The van der Waals surface area contributed by atoms with Crippen LogP contribution in [0.3, 0.4) is 0 Å². The third-order valence-corrected chi connectivity index (χ3v) is 6.91. The molecule has 0 aromatic heterocycles. The standard InChI is InChI=1S/C27H33N3O5/c1-29(16-17-30-14-6-7-15-30)26(33)24(12-13-25(31)32)28-27(34)35-18-23-21-10-4-2-8-19(21)20-9-3-5-11-22(20)23/h2-5,8-11,23-24H,6-7,12-18H2,1H3,(H,28,34)(H,31,32). The van der Waals surface area contributed by atoms with Crippen molar-refractivity contribution in [2.45, 2.75) is 37.6 Å². The van der Waals surface area contributed by atoms with Gasteiger partial charge in [0.25, 0.3) is 0 Å². The number of benzene rings is 2.